The number of nitrogens with one attached hydrogen (secondary N) is 2. The van der Waals surface area contributed by atoms with Gasteiger partial charge in [0, 0.05) is 12.5 Å². The number of hydrogen-bond acceptors (Lipinski definition) is 6. The lowest BCUT2D eigenvalue weighted by molar-refractivity contribution is -0.115. The molecule has 8 nitrogen and oxygen atoms in total. The SMILES string of the molecule is CCOc1ccc(S(=O)(=O)Nc2ccc(OC)cc2OC)cc1NC(=O)CC. The average molecular weight is 408 g/mol. The summed E-state index contributed by atoms with van der Waals surface area (Å²) >= 11 is 0. The molecule has 0 unspecified atom stereocenters. The maximum Gasteiger partial charge on any atom is 0.262 e. The number of ether oxygens (including phenoxy) is 3. The van der Waals surface area contributed by atoms with Gasteiger partial charge in [0.15, 0.2) is 0 Å². The van der Waals surface area contributed by atoms with E-state index in [1.54, 1.807) is 32.0 Å². The summed E-state index contributed by atoms with van der Waals surface area (Å²) in [5.74, 6) is 0.990. The van der Waals surface area contributed by atoms with Crippen molar-refractivity contribution in [2.75, 3.05) is 30.9 Å². The molecule has 28 heavy (non-hydrogen) atoms. The van der Waals surface area contributed by atoms with Gasteiger partial charge in [-0.25, -0.2) is 8.42 Å². The van der Waals surface area contributed by atoms with E-state index in [9.17, 15) is 13.2 Å². The zero-order chi connectivity index (χ0) is 20.7. The average Bonchev–Trinajstić information content (AvgIpc) is 2.69. The Morgan fingerprint density at radius 2 is 1.71 bits per heavy atom. The zero-order valence-corrected chi connectivity index (χ0v) is 17.1. The summed E-state index contributed by atoms with van der Waals surface area (Å²) in [6.07, 6.45) is 0.254. The standard InChI is InChI=1S/C19H24N2O6S/c1-5-19(22)20-16-12-14(8-10-17(16)27-6-2)28(23,24)21-15-9-7-13(25-3)11-18(15)26-4/h7-12,21H,5-6H2,1-4H3,(H,20,22). The normalized spacial score (nSPS) is 10.9. The summed E-state index contributed by atoms with van der Waals surface area (Å²) in [6.45, 7) is 3.88. The number of anilines is 2. The van der Waals surface area contributed by atoms with Crippen LogP contribution in [0.2, 0.25) is 0 Å². The highest BCUT2D eigenvalue weighted by atomic mass is 32.2. The van der Waals surface area contributed by atoms with Crippen LogP contribution in [-0.4, -0.2) is 35.2 Å². The van der Waals surface area contributed by atoms with Crippen molar-refractivity contribution in [1.82, 2.24) is 0 Å². The molecule has 1 amide bonds. The lowest BCUT2D eigenvalue weighted by Gasteiger charge is -2.15. The molecule has 0 fully saturated rings. The fourth-order valence-corrected chi connectivity index (χ4v) is 3.48. The summed E-state index contributed by atoms with van der Waals surface area (Å²) in [5, 5.41) is 2.66. The Balaban J connectivity index is 2.39. The Morgan fingerprint density at radius 1 is 0.964 bits per heavy atom. The van der Waals surface area contributed by atoms with Crippen molar-refractivity contribution in [3.63, 3.8) is 0 Å². The summed E-state index contributed by atoms with van der Waals surface area (Å²) in [6, 6.07) is 9.01. The first-order valence-electron chi connectivity index (χ1n) is 8.66. The van der Waals surface area contributed by atoms with Crippen LogP contribution in [0.5, 0.6) is 17.2 Å². The maximum atomic E-state index is 12.8. The second-order valence-corrected chi connectivity index (χ2v) is 7.35. The van der Waals surface area contributed by atoms with Gasteiger partial charge in [0.25, 0.3) is 10.0 Å². The third-order valence-electron chi connectivity index (χ3n) is 3.81. The fourth-order valence-electron chi connectivity index (χ4n) is 2.38. The Bertz CT molecular complexity index is 943. The Kier molecular flexibility index (Phi) is 7.11. The molecular formula is C19H24N2O6S. The van der Waals surface area contributed by atoms with Gasteiger partial charge in [0.2, 0.25) is 5.91 Å². The van der Waals surface area contributed by atoms with E-state index in [0.29, 0.717) is 29.5 Å². The number of rotatable bonds is 9. The number of amides is 1. The van der Waals surface area contributed by atoms with Crippen molar-refractivity contribution in [1.29, 1.82) is 0 Å². The number of carbonyl (C=O) groups excluding carboxylic acids is 1. The van der Waals surface area contributed by atoms with E-state index in [1.807, 2.05) is 0 Å². The highest BCUT2D eigenvalue weighted by Crippen LogP contribution is 2.33. The lowest BCUT2D eigenvalue weighted by Crippen LogP contribution is -2.16. The topological polar surface area (TPSA) is 103 Å². The molecule has 2 rings (SSSR count). The zero-order valence-electron chi connectivity index (χ0n) is 16.2. The summed E-state index contributed by atoms with van der Waals surface area (Å²) < 4.78 is 44.0. The first-order chi connectivity index (χ1) is 13.3. The van der Waals surface area contributed by atoms with Crippen LogP contribution in [0.4, 0.5) is 11.4 Å². The fraction of sp³-hybridized carbons (Fsp3) is 0.316. The molecular weight excluding hydrogens is 384 g/mol. The lowest BCUT2D eigenvalue weighted by atomic mass is 10.3. The van der Waals surface area contributed by atoms with Gasteiger partial charge in [-0.15, -0.1) is 0 Å². The van der Waals surface area contributed by atoms with Gasteiger partial charge < -0.3 is 19.5 Å². The highest BCUT2D eigenvalue weighted by Gasteiger charge is 2.20. The molecule has 2 aromatic carbocycles. The predicted molar refractivity (Wildman–Crippen MR) is 107 cm³/mol. The van der Waals surface area contributed by atoms with Crippen LogP contribution in [0.25, 0.3) is 0 Å². The van der Waals surface area contributed by atoms with Gasteiger partial charge >= 0.3 is 0 Å². The second kappa shape index (κ2) is 9.32. The molecule has 0 aliphatic carbocycles. The Labute approximate surface area is 164 Å². The first kappa shape index (κ1) is 21.4. The monoisotopic (exact) mass is 408 g/mol. The molecule has 152 valence electrons. The first-order valence-corrected chi connectivity index (χ1v) is 10.1. The summed E-state index contributed by atoms with van der Waals surface area (Å²) in [5.41, 5.74) is 0.551. The van der Waals surface area contributed by atoms with Crippen molar-refractivity contribution in [3.8, 4) is 17.2 Å². The van der Waals surface area contributed by atoms with E-state index in [4.69, 9.17) is 14.2 Å². The quantitative estimate of drug-likeness (QED) is 0.660. The van der Waals surface area contributed by atoms with Crippen LogP contribution in [0.15, 0.2) is 41.3 Å². The van der Waals surface area contributed by atoms with Crippen LogP contribution < -0.4 is 24.2 Å². The number of hydrogen-bond donors (Lipinski definition) is 2. The molecule has 0 heterocycles. The van der Waals surface area contributed by atoms with Crippen molar-refractivity contribution < 1.29 is 27.4 Å². The molecule has 0 spiro atoms. The summed E-state index contributed by atoms with van der Waals surface area (Å²) in [7, 11) is -1.00. The van der Waals surface area contributed by atoms with Crippen molar-refractivity contribution >= 4 is 27.3 Å². The van der Waals surface area contributed by atoms with E-state index < -0.39 is 10.0 Å². The van der Waals surface area contributed by atoms with Crippen LogP contribution in [0.3, 0.4) is 0 Å². The third-order valence-corrected chi connectivity index (χ3v) is 5.17. The smallest absolute Gasteiger partial charge is 0.262 e. The number of methoxy groups -OCH3 is 2. The Morgan fingerprint density at radius 3 is 2.32 bits per heavy atom. The van der Waals surface area contributed by atoms with Gasteiger partial charge in [-0.1, -0.05) is 6.92 Å². The van der Waals surface area contributed by atoms with Crippen LogP contribution in [-0.2, 0) is 14.8 Å². The van der Waals surface area contributed by atoms with E-state index in [1.165, 1.54) is 32.4 Å². The number of carbonyl (C=O) groups is 1. The molecule has 0 bridgehead atoms. The van der Waals surface area contributed by atoms with Crippen LogP contribution >= 0.6 is 0 Å². The molecule has 0 aliphatic rings. The van der Waals surface area contributed by atoms with Gasteiger partial charge in [0.05, 0.1) is 37.1 Å². The van der Waals surface area contributed by atoms with E-state index in [2.05, 4.69) is 10.0 Å². The van der Waals surface area contributed by atoms with E-state index in [-0.39, 0.29) is 22.9 Å². The van der Waals surface area contributed by atoms with Gasteiger partial charge in [0.1, 0.15) is 17.2 Å². The van der Waals surface area contributed by atoms with Crippen molar-refractivity contribution in [3.05, 3.63) is 36.4 Å². The molecule has 0 atom stereocenters. The largest absolute Gasteiger partial charge is 0.497 e. The minimum Gasteiger partial charge on any atom is -0.497 e. The molecule has 0 aliphatic heterocycles. The van der Waals surface area contributed by atoms with Crippen LogP contribution in [0.1, 0.15) is 20.3 Å². The third kappa shape index (κ3) is 5.07. The van der Waals surface area contributed by atoms with Gasteiger partial charge in [-0.3, -0.25) is 9.52 Å². The summed E-state index contributed by atoms with van der Waals surface area (Å²) in [4.78, 5) is 11.7. The van der Waals surface area contributed by atoms with Crippen LogP contribution in [0, 0.1) is 0 Å². The molecule has 2 N–H and O–H groups in total. The van der Waals surface area contributed by atoms with Gasteiger partial charge in [-0.2, -0.15) is 0 Å². The molecule has 0 saturated carbocycles. The molecule has 2 aromatic rings. The van der Waals surface area contributed by atoms with Crippen molar-refractivity contribution in [2.24, 2.45) is 0 Å². The van der Waals surface area contributed by atoms with E-state index in [0.717, 1.165) is 0 Å². The second-order valence-electron chi connectivity index (χ2n) is 5.66. The van der Waals surface area contributed by atoms with Crippen molar-refractivity contribution in [2.45, 2.75) is 25.2 Å². The predicted octanol–water partition coefficient (Wildman–Crippen LogP) is 3.25. The minimum absolute atomic E-state index is 0.0276. The molecule has 0 saturated heterocycles. The maximum absolute atomic E-state index is 12.8. The minimum atomic E-state index is -3.94. The molecule has 0 aromatic heterocycles. The number of sulfonamides is 1. The molecule has 0 radical (unpaired) electrons. The van der Waals surface area contributed by atoms with E-state index >= 15 is 0 Å². The molecule has 9 heteroatoms. The van der Waals surface area contributed by atoms with Gasteiger partial charge in [-0.05, 0) is 37.3 Å². The number of benzene rings is 2. The highest BCUT2D eigenvalue weighted by molar-refractivity contribution is 7.92. The Hall–Kier alpha value is -2.94.